The first kappa shape index (κ1) is 17.4. The molecule has 0 radical (unpaired) electrons. The minimum atomic E-state index is -3.90. The SMILES string of the molecule is CN(C)CC=CCN1c2ccccc2N(c2ccccc2F)S1(=O)=O. The molecule has 0 saturated carbocycles. The van der Waals surface area contributed by atoms with E-state index in [4.69, 9.17) is 0 Å². The first-order chi connectivity index (χ1) is 11.9. The van der Waals surface area contributed by atoms with Crippen molar-refractivity contribution in [2.45, 2.75) is 0 Å². The molecular formula is C18H20FN3O2S. The summed E-state index contributed by atoms with van der Waals surface area (Å²) in [6.07, 6.45) is 3.71. The average Bonchev–Trinajstić information content (AvgIpc) is 2.79. The van der Waals surface area contributed by atoms with Gasteiger partial charge in [-0.25, -0.2) is 13.0 Å². The fourth-order valence-corrected chi connectivity index (χ4v) is 4.39. The van der Waals surface area contributed by atoms with E-state index in [1.165, 1.54) is 22.5 Å². The summed E-state index contributed by atoms with van der Waals surface area (Å²) in [4.78, 5) is 1.98. The van der Waals surface area contributed by atoms with Gasteiger partial charge in [-0.05, 0) is 38.4 Å². The number of nitrogens with zero attached hydrogens (tertiary/aromatic N) is 3. The van der Waals surface area contributed by atoms with Crippen LogP contribution in [0.25, 0.3) is 0 Å². The van der Waals surface area contributed by atoms with Gasteiger partial charge in [-0.15, -0.1) is 0 Å². The molecule has 25 heavy (non-hydrogen) atoms. The number of hydrogen-bond donors (Lipinski definition) is 0. The molecule has 0 bridgehead atoms. The van der Waals surface area contributed by atoms with Crippen molar-refractivity contribution in [3.05, 3.63) is 66.5 Å². The van der Waals surface area contributed by atoms with Gasteiger partial charge in [0.2, 0.25) is 0 Å². The molecule has 0 spiro atoms. The molecule has 0 unspecified atom stereocenters. The Labute approximate surface area is 147 Å². The highest BCUT2D eigenvalue weighted by molar-refractivity contribution is 7.95. The van der Waals surface area contributed by atoms with Gasteiger partial charge in [0, 0.05) is 6.54 Å². The van der Waals surface area contributed by atoms with Crippen molar-refractivity contribution in [3.63, 3.8) is 0 Å². The number of rotatable bonds is 5. The fourth-order valence-electron chi connectivity index (χ4n) is 2.71. The summed E-state index contributed by atoms with van der Waals surface area (Å²) in [5.41, 5.74) is 1.02. The van der Waals surface area contributed by atoms with E-state index in [-0.39, 0.29) is 12.2 Å². The number of halogens is 1. The second-order valence-corrected chi connectivity index (χ2v) is 7.68. The fraction of sp³-hybridized carbons (Fsp3) is 0.222. The molecular weight excluding hydrogens is 341 g/mol. The summed E-state index contributed by atoms with van der Waals surface area (Å²) in [6, 6.07) is 12.8. The Morgan fingerprint density at radius 1 is 0.960 bits per heavy atom. The van der Waals surface area contributed by atoms with E-state index in [2.05, 4.69) is 0 Å². The van der Waals surface area contributed by atoms with Crippen LogP contribution in [0.5, 0.6) is 0 Å². The topological polar surface area (TPSA) is 43.9 Å². The van der Waals surface area contributed by atoms with Crippen LogP contribution in [0.2, 0.25) is 0 Å². The van der Waals surface area contributed by atoms with E-state index in [0.717, 1.165) is 4.31 Å². The smallest absolute Gasteiger partial charge is 0.306 e. The van der Waals surface area contributed by atoms with Crippen molar-refractivity contribution in [1.82, 2.24) is 4.90 Å². The van der Waals surface area contributed by atoms with Crippen LogP contribution in [0.15, 0.2) is 60.7 Å². The maximum atomic E-state index is 14.3. The van der Waals surface area contributed by atoms with Gasteiger partial charge in [0.05, 0.1) is 23.6 Å². The number of para-hydroxylation sites is 3. The molecule has 1 heterocycles. The molecule has 1 aliphatic heterocycles. The second-order valence-electron chi connectivity index (χ2n) is 5.98. The highest BCUT2D eigenvalue weighted by Gasteiger charge is 2.41. The van der Waals surface area contributed by atoms with Crippen LogP contribution >= 0.6 is 0 Å². The van der Waals surface area contributed by atoms with E-state index < -0.39 is 16.0 Å². The van der Waals surface area contributed by atoms with Gasteiger partial charge in [0.1, 0.15) is 5.82 Å². The minimum absolute atomic E-state index is 0.0229. The quantitative estimate of drug-likeness (QED) is 0.769. The van der Waals surface area contributed by atoms with Gasteiger partial charge in [-0.3, -0.25) is 0 Å². The average molecular weight is 361 g/mol. The molecule has 3 rings (SSSR count). The molecule has 2 aromatic rings. The highest BCUT2D eigenvalue weighted by Crippen LogP contribution is 2.45. The number of fused-ring (bicyclic) bond motifs is 1. The van der Waals surface area contributed by atoms with E-state index >= 15 is 0 Å². The van der Waals surface area contributed by atoms with E-state index in [0.29, 0.717) is 17.9 Å². The number of benzene rings is 2. The Balaban J connectivity index is 2.02. The maximum absolute atomic E-state index is 14.3. The minimum Gasteiger partial charge on any atom is -0.306 e. The standard InChI is InChI=1S/C18H20FN3O2S/c1-20(2)13-7-8-14-21-17-11-5-6-12-18(17)22(25(21,23)24)16-10-4-3-9-15(16)19/h3-12H,13-14H2,1-2H3. The van der Waals surface area contributed by atoms with Crippen LogP contribution in [0.3, 0.4) is 0 Å². The lowest BCUT2D eigenvalue weighted by molar-refractivity contribution is 0.456. The van der Waals surface area contributed by atoms with Crippen LogP contribution in [0.4, 0.5) is 21.5 Å². The number of anilines is 3. The molecule has 0 aliphatic carbocycles. The summed E-state index contributed by atoms with van der Waals surface area (Å²) < 4.78 is 42.8. The number of likely N-dealkylation sites (N-methyl/N-ethyl adjacent to an activating group) is 1. The lowest BCUT2D eigenvalue weighted by atomic mass is 10.2. The molecule has 1 aliphatic rings. The molecule has 2 aromatic carbocycles. The van der Waals surface area contributed by atoms with Gasteiger partial charge in [0.25, 0.3) is 0 Å². The summed E-state index contributed by atoms with van der Waals surface area (Å²) >= 11 is 0. The van der Waals surface area contributed by atoms with Crippen molar-refractivity contribution < 1.29 is 12.8 Å². The summed E-state index contributed by atoms with van der Waals surface area (Å²) in [5.74, 6) is -0.578. The van der Waals surface area contributed by atoms with Crippen LogP contribution in [-0.4, -0.2) is 40.5 Å². The van der Waals surface area contributed by atoms with Gasteiger partial charge in [-0.1, -0.05) is 36.4 Å². The third kappa shape index (κ3) is 3.25. The normalized spacial score (nSPS) is 16.0. The number of hydrogen-bond acceptors (Lipinski definition) is 3. The van der Waals surface area contributed by atoms with Crippen LogP contribution in [-0.2, 0) is 10.2 Å². The van der Waals surface area contributed by atoms with Crippen molar-refractivity contribution in [2.24, 2.45) is 0 Å². The van der Waals surface area contributed by atoms with Crippen LogP contribution in [0, 0.1) is 5.82 Å². The Bertz CT molecular complexity index is 897. The predicted molar refractivity (Wildman–Crippen MR) is 98.9 cm³/mol. The predicted octanol–water partition coefficient (Wildman–Crippen LogP) is 3.15. The van der Waals surface area contributed by atoms with Gasteiger partial charge in [0.15, 0.2) is 0 Å². The van der Waals surface area contributed by atoms with Crippen molar-refractivity contribution >= 4 is 27.3 Å². The molecule has 0 N–H and O–H groups in total. The van der Waals surface area contributed by atoms with Gasteiger partial charge in [-0.2, -0.15) is 8.42 Å². The monoisotopic (exact) mass is 361 g/mol. The van der Waals surface area contributed by atoms with Crippen molar-refractivity contribution in [1.29, 1.82) is 0 Å². The Morgan fingerprint density at radius 3 is 2.20 bits per heavy atom. The molecule has 5 nitrogen and oxygen atoms in total. The van der Waals surface area contributed by atoms with Crippen molar-refractivity contribution in [2.75, 3.05) is 35.8 Å². The molecule has 0 aromatic heterocycles. The largest absolute Gasteiger partial charge is 0.331 e. The van der Waals surface area contributed by atoms with Crippen molar-refractivity contribution in [3.8, 4) is 0 Å². The molecule has 7 heteroatoms. The van der Waals surface area contributed by atoms with Gasteiger partial charge < -0.3 is 4.90 Å². The first-order valence-corrected chi connectivity index (χ1v) is 9.29. The summed E-state index contributed by atoms with van der Waals surface area (Å²) in [5, 5.41) is 0. The van der Waals surface area contributed by atoms with Crippen LogP contribution in [0.1, 0.15) is 0 Å². The summed E-state index contributed by atoms with van der Waals surface area (Å²) in [6.45, 7) is 0.907. The Kier molecular flexibility index (Phi) is 4.78. The maximum Gasteiger partial charge on any atom is 0.331 e. The lowest BCUT2D eigenvalue weighted by Crippen LogP contribution is -2.35. The molecule has 0 fully saturated rings. The van der Waals surface area contributed by atoms with Crippen LogP contribution < -0.4 is 8.61 Å². The zero-order valence-corrected chi connectivity index (χ0v) is 14.9. The molecule has 0 amide bonds. The third-order valence-corrected chi connectivity index (χ3v) is 5.62. The first-order valence-electron chi connectivity index (χ1n) is 7.89. The zero-order valence-electron chi connectivity index (χ0n) is 14.1. The molecule has 132 valence electrons. The lowest BCUT2D eigenvalue weighted by Gasteiger charge is -2.21. The van der Waals surface area contributed by atoms with E-state index in [1.807, 2.05) is 25.1 Å². The van der Waals surface area contributed by atoms with E-state index in [9.17, 15) is 12.8 Å². The van der Waals surface area contributed by atoms with E-state index in [1.54, 1.807) is 36.4 Å². The molecule has 0 atom stereocenters. The van der Waals surface area contributed by atoms with Gasteiger partial charge >= 0.3 is 10.2 Å². The Hall–Kier alpha value is -2.38. The Morgan fingerprint density at radius 2 is 1.56 bits per heavy atom. The summed E-state index contributed by atoms with van der Waals surface area (Å²) in [7, 11) is -0.0281. The third-order valence-electron chi connectivity index (χ3n) is 3.86. The molecule has 0 saturated heterocycles. The zero-order chi connectivity index (χ0) is 18.0. The second kappa shape index (κ2) is 6.85. The highest BCUT2D eigenvalue weighted by atomic mass is 32.2.